The van der Waals surface area contributed by atoms with Crippen molar-refractivity contribution < 1.29 is 23.9 Å². The lowest BCUT2D eigenvalue weighted by atomic mass is 10.0. The normalized spacial score (nSPS) is 11.6. The van der Waals surface area contributed by atoms with Gasteiger partial charge in [-0.05, 0) is 98.0 Å². The third-order valence-corrected chi connectivity index (χ3v) is 7.18. The maximum atomic E-state index is 11.1. The van der Waals surface area contributed by atoms with E-state index in [1.54, 1.807) is 0 Å². The largest absolute Gasteiger partial charge is 0.460 e. The fourth-order valence-corrected chi connectivity index (χ4v) is 5.31. The van der Waals surface area contributed by atoms with Crippen LogP contribution in [0.25, 0.3) is 0 Å². The van der Waals surface area contributed by atoms with Crippen molar-refractivity contribution in [3.63, 3.8) is 0 Å². The van der Waals surface area contributed by atoms with Crippen LogP contribution in [0.4, 0.5) is 0 Å². The number of amides is 1. The fraction of sp³-hybridized carbons (Fsp3) is 0.930. The second-order valence-electron chi connectivity index (χ2n) is 18.8. The van der Waals surface area contributed by atoms with Gasteiger partial charge in [-0.3, -0.25) is 14.4 Å². The topological polar surface area (TPSA) is 81.7 Å². The van der Waals surface area contributed by atoms with Crippen LogP contribution < -0.4 is 5.32 Å². The third-order valence-electron chi connectivity index (χ3n) is 4.81. The van der Waals surface area contributed by atoms with Gasteiger partial charge in [-0.1, -0.05) is 129 Å². The summed E-state index contributed by atoms with van der Waals surface area (Å²) in [6.07, 6.45) is 2.11. The standard InChI is InChI=1S/C8H17NO.C8H16O2.C8H16OS.C7H16.C6H14O.C6H14S/c1-6(2)7(10)9-8(3,4)5;2*1-6(2)7(9)10-8(3,4)5;1-6(2)5-7(3)4;2*1-5(2)7-6(3)4/h6H,1-5H3,(H,9,10);2*6H,1-5H3;6-7H,5H2,1-4H3;2*5-6H,1-4H3. The molecule has 0 fully saturated rings. The molecular formula is C43H93NO5S2. The molecule has 51 heavy (non-hydrogen) atoms. The Bertz CT molecular complexity index is 699. The van der Waals surface area contributed by atoms with E-state index in [-0.39, 0.29) is 50.6 Å². The highest BCUT2D eigenvalue weighted by Crippen LogP contribution is 2.26. The quantitative estimate of drug-likeness (QED) is 0.234. The maximum absolute atomic E-state index is 11.1. The van der Waals surface area contributed by atoms with Gasteiger partial charge in [0.05, 0.1) is 18.1 Å². The number of thioether (sulfide) groups is 2. The van der Waals surface area contributed by atoms with Gasteiger partial charge in [0.25, 0.3) is 0 Å². The second-order valence-corrected chi connectivity index (χ2v) is 22.7. The number of carbonyl (C=O) groups excluding carboxylic acids is 3. The summed E-state index contributed by atoms with van der Waals surface area (Å²) in [6, 6.07) is 0. The number of esters is 1. The monoisotopic (exact) mass is 768 g/mol. The minimum Gasteiger partial charge on any atom is -0.460 e. The van der Waals surface area contributed by atoms with Crippen molar-refractivity contribution >= 4 is 40.5 Å². The molecule has 0 atom stereocenters. The highest BCUT2D eigenvalue weighted by molar-refractivity contribution is 8.14. The molecule has 1 amide bonds. The number of hydrogen-bond acceptors (Lipinski definition) is 7. The van der Waals surface area contributed by atoms with Gasteiger partial charge in [-0.25, -0.2) is 0 Å². The summed E-state index contributed by atoms with van der Waals surface area (Å²) >= 11 is 3.44. The van der Waals surface area contributed by atoms with E-state index in [0.717, 1.165) is 22.3 Å². The molecule has 0 saturated carbocycles. The number of rotatable bonds is 9. The summed E-state index contributed by atoms with van der Waals surface area (Å²) in [5, 5.41) is 4.75. The Morgan fingerprint density at radius 3 is 0.961 bits per heavy atom. The van der Waals surface area contributed by atoms with E-state index in [2.05, 4.69) is 81.5 Å². The third kappa shape index (κ3) is 75.2. The zero-order chi connectivity index (χ0) is 42.7. The van der Waals surface area contributed by atoms with Crippen LogP contribution in [0.15, 0.2) is 0 Å². The highest BCUT2D eigenvalue weighted by atomic mass is 32.2. The minimum atomic E-state index is -0.346. The Hall–Kier alpha value is -0.730. The van der Waals surface area contributed by atoms with E-state index < -0.39 is 0 Å². The Balaban J connectivity index is -0.000000120. The van der Waals surface area contributed by atoms with Crippen molar-refractivity contribution in [1.29, 1.82) is 0 Å². The molecule has 0 heterocycles. The molecule has 0 aliphatic rings. The summed E-state index contributed by atoms with van der Waals surface area (Å²) in [6.45, 7) is 55.1. The van der Waals surface area contributed by atoms with Gasteiger partial charge in [0, 0.05) is 22.1 Å². The zero-order valence-electron chi connectivity index (χ0n) is 39.3. The van der Waals surface area contributed by atoms with E-state index in [1.165, 1.54) is 18.2 Å². The molecule has 8 heteroatoms. The van der Waals surface area contributed by atoms with Crippen molar-refractivity contribution in [3.05, 3.63) is 0 Å². The Kier molecular flexibility index (Phi) is 39.9. The summed E-state index contributed by atoms with van der Waals surface area (Å²) < 4.78 is 10.4. The van der Waals surface area contributed by atoms with Crippen LogP contribution in [-0.2, 0) is 23.9 Å². The molecule has 0 bridgehead atoms. The molecule has 0 saturated heterocycles. The molecule has 0 rings (SSSR count). The van der Waals surface area contributed by atoms with Gasteiger partial charge in [0.15, 0.2) is 5.12 Å². The van der Waals surface area contributed by atoms with E-state index in [0.29, 0.717) is 12.2 Å². The fourth-order valence-electron chi connectivity index (χ4n) is 3.38. The van der Waals surface area contributed by atoms with Gasteiger partial charge < -0.3 is 14.8 Å². The van der Waals surface area contributed by atoms with Crippen molar-refractivity contribution in [2.75, 3.05) is 0 Å². The SMILES string of the molecule is CC(C)C(=O)NC(C)(C)C.CC(C)C(=O)OC(C)(C)C.CC(C)C(=O)SC(C)(C)C.CC(C)CC(C)C.CC(C)OC(C)C.CC(C)SC(C)C. The number of ether oxygens (including phenoxy) is 2. The van der Waals surface area contributed by atoms with Crippen LogP contribution in [0.5, 0.6) is 0 Å². The molecular weight excluding hydrogens is 675 g/mol. The van der Waals surface area contributed by atoms with Gasteiger partial charge in [-0.2, -0.15) is 11.8 Å². The average Bonchev–Trinajstić information content (AvgIpc) is 2.80. The molecule has 0 spiro atoms. The van der Waals surface area contributed by atoms with Gasteiger partial charge >= 0.3 is 5.97 Å². The minimum absolute atomic E-state index is 0.0285. The van der Waals surface area contributed by atoms with Crippen molar-refractivity contribution in [3.8, 4) is 0 Å². The van der Waals surface area contributed by atoms with Crippen LogP contribution >= 0.6 is 23.5 Å². The number of nitrogens with one attached hydrogen (secondary N) is 1. The average molecular weight is 768 g/mol. The molecule has 1 N–H and O–H groups in total. The van der Waals surface area contributed by atoms with Crippen LogP contribution in [-0.4, -0.2) is 55.6 Å². The molecule has 0 radical (unpaired) electrons. The lowest BCUT2D eigenvalue weighted by Crippen LogP contribution is -2.42. The molecule has 0 unspecified atom stereocenters. The molecule has 0 aromatic heterocycles. The highest BCUT2D eigenvalue weighted by Gasteiger charge is 2.19. The second kappa shape index (κ2) is 32.7. The first-order chi connectivity index (χ1) is 22.4. The van der Waals surface area contributed by atoms with Crippen LogP contribution in [0.3, 0.4) is 0 Å². The molecule has 0 aliphatic heterocycles. The summed E-state index contributed by atoms with van der Waals surface area (Å²) in [5.74, 6) is 1.95. The zero-order valence-corrected chi connectivity index (χ0v) is 40.9. The predicted octanol–water partition coefficient (Wildman–Crippen LogP) is 13.3. The number of carbonyl (C=O) groups is 3. The van der Waals surface area contributed by atoms with E-state index in [1.807, 2.05) is 123 Å². The smallest absolute Gasteiger partial charge is 0.308 e. The molecule has 0 aliphatic carbocycles. The van der Waals surface area contributed by atoms with E-state index in [4.69, 9.17) is 9.47 Å². The van der Waals surface area contributed by atoms with Crippen molar-refractivity contribution in [2.24, 2.45) is 29.6 Å². The molecule has 6 nitrogen and oxygen atoms in total. The Morgan fingerprint density at radius 2 is 0.902 bits per heavy atom. The first kappa shape index (κ1) is 62.3. The van der Waals surface area contributed by atoms with Crippen LogP contribution in [0, 0.1) is 29.6 Å². The van der Waals surface area contributed by atoms with Crippen molar-refractivity contribution in [1.82, 2.24) is 5.32 Å². The summed E-state index contributed by atoms with van der Waals surface area (Å²) in [7, 11) is 0. The maximum Gasteiger partial charge on any atom is 0.308 e. The van der Waals surface area contributed by atoms with Gasteiger partial charge in [0.2, 0.25) is 5.91 Å². The lowest BCUT2D eigenvalue weighted by molar-refractivity contribution is -0.158. The first-order valence-electron chi connectivity index (χ1n) is 19.4. The van der Waals surface area contributed by atoms with Crippen molar-refractivity contribution in [2.45, 2.75) is 232 Å². The summed E-state index contributed by atoms with van der Waals surface area (Å²) in [5.41, 5.74) is -0.442. The lowest BCUT2D eigenvalue weighted by Gasteiger charge is -2.21. The molecule has 312 valence electrons. The van der Waals surface area contributed by atoms with E-state index in [9.17, 15) is 14.4 Å². The molecule has 0 aromatic carbocycles. The summed E-state index contributed by atoms with van der Waals surface area (Å²) in [4.78, 5) is 33.1. The number of hydrogen-bond donors (Lipinski definition) is 1. The van der Waals surface area contributed by atoms with Crippen LogP contribution in [0.1, 0.15) is 193 Å². The first-order valence-corrected chi connectivity index (χ1v) is 21.2. The van der Waals surface area contributed by atoms with E-state index >= 15 is 0 Å². The Labute approximate surface area is 330 Å². The van der Waals surface area contributed by atoms with Gasteiger partial charge in [0.1, 0.15) is 5.60 Å². The predicted molar refractivity (Wildman–Crippen MR) is 234 cm³/mol. The Morgan fingerprint density at radius 1 is 0.549 bits per heavy atom. The van der Waals surface area contributed by atoms with Gasteiger partial charge in [-0.15, -0.1) is 0 Å². The van der Waals surface area contributed by atoms with Crippen LogP contribution in [0.2, 0.25) is 0 Å². The molecule has 0 aromatic rings.